The zero-order valence-electron chi connectivity index (χ0n) is 8.56. The first kappa shape index (κ1) is 11.8. The van der Waals surface area contributed by atoms with Gasteiger partial charge in [-0.15, -0.1) is 0 Å². The predicted octanol–water partition coefficient (Wildman–Crippen LogP) is 1.66. The molecule has 0 saturated heterocycles. The molecular weight excluding hydrogens is 214 g/mol. The number of amides is 1. The van der Waals surface area contributed by atoms with Crippen molar-refractivity contribution in [1.82, 2.24) is 0 Å². The molecule has 6 heteroatoms. The van der Waals surface area contributed by atoms with Crippen LogP contribution in [0.4, 0.5) is 10.5 Å². The molecule has 0 bridgehead atoms. The molecule has 1 aromatic carbocycles. The molecule has 1 aromatic rings. The number of anilines is 1. The zero-order valence-corrected chi connectivity index (χ0v) is 8.56. The van der Waals surface area contributed by atoms with Gasteiger partial charge in [-0.2, -0.15) is 0 Å². The number of ether oxygens (including phenoxy) is 1. The minimum atomic E-state index is -1.15. The summed E-state index contributed by atoms with van der Waals surface area (Å²) in [7, 11) is 0. The van der Waals surface area contributed by atoms with Crippen molar-refractivity contribution in [1.29, 1.82) is 0 Å². The van der Waals surface area contributed by atoms with Crippen LogP contribution in [0.15, 0.2) is 18.2 Å². The van der Waals surface area contributed by atoms with Gasteiger partial charge in [-0.25, -0.2) is 9.59 Å². The van der Waals surface area contributed by atoms with Crippen LogP contribution in [0.5, 0.6) is 5.75 Å². The van der Waals surface area contributed by atoms with Gasteiger partial charge in [-0.1, -0.05) is 0 Å². The number of carboxylic acid groups (broad SMARTS) is 1. The molecule has 86 valence electrons. The number of aromatic hydroxyl groups is 1. The third-order valence-electron chi connectivity index (χ3n) is 1.76. The summed E-state index contributed by atoms with van der Waals surface area (Å²) in [6.45, 7) is 1.85. The van der Waals surface area contributed by atoms with Crippen LogP contribution < -0.4 is 5.32 Å². The lowest BCUT2D eigenvalue weighted by atomic mass is 10.2. The Labute approximate surface area is 91.5 Å². The van der Waals surface area contributed by atoms with E-state index in [-0.39, 0.29) is 23.6 Å². The number of nitrogens with one attached hydrogen (secondary N) is 1. The van der Waals surface area contributed by atoms with Gasteiger partial charge < -0.3 is 14.9 Å². The van der Waals surface area contributed by atoms with Gasteiger partial charge in [-0.3, -0.25) is 5.32 Å². The third kappa shape index (κ3) is 2.88. The fourth-order valence-electron chi connectivity index (χ4n) is 1.05. The quantitative estimate of drug-likeness (QED) is 0.680. The number of carboxylic acids is 1. The molecule has 0 saturated carbocycles. The van der Waals surface area contributed by atoms with Crippen molar-refractivity contribution in [3.63, 3.8) is 0 Å². The summed E-state index contributed by atoms with van der Waals surface area (Å²) in [6, 6.07) is 3.60. The van der Waals surface area contributed by atoms with Crippen molar-refractivity contribution < 1.29 is 24.5 Å². The Morgan fingerprint density at radius 3 is 2.62 bits per heavy atom. The van der Waals surface area contributed by atoms with Gasteiger partial charge in [0.25, 0.3) is 0 Å². The standard InChI is InChI=1S/C10H11NO5/c1-2-16-10(15)11-7-4-3-6(9(13)14)5-8(7)12/h3-5,12H,2H2,1H3,(H,11,15)(H,13,14). The molecule has 0 aliphatic carbocycles. The summed E-state index contributed by atoms with van der Waals surface area (Å²) >= 11 is 0. The summed E-state index contributed by atoms with van der Waals surface area (Å²) < 4.78 is 4.60. The maximum Gasteiger partial charge on any atom is 0.411 e. The first-order valence-electron chi connectivity index (χ1n) is 4.54. The average molecular weight is 225 g/mol. The first-order chi connectivity index (χ1) is 7.54. The van der Waals surface area contributed by atoms with Crippen molar-refractivity contribution in [2.24, 2.45) is 0 Å². The minimum absolute atomic E-state index is 0.0630. The van der Waals surface area contributed by atoms with Gasteiger partial charge in [0.15, 0.2) is 0 Å². The van der Waals surface area contributed by atoms with E-state index in [2.05, 4.69) is 10.1 Å². The van der Waals surface area contributed by atoms with Crippen LogP contribution in [0.25, 0.3) is 0 Å². The van der Waals surface area contributed by atoms with Crippen molar-refractivity contribution in [3.05, 3.63) is 23.8 Å². The Kier molecular flexibility index (Phi) is 3.71. The number of hydrogen-bond acceptors (Lipinski definition) is 4. The second kappa shape index (κ2) is 5.01. The normalized spacial score (nSPS) is 9.56. The highest BCUT2D eigenvalue weighted by Crippen LogP contribution is 2.24. The molecule has 0 heterocycles. The van der Waals surface area contributed by atoms with Crippen LogP contribution in [-0.2, 0) is 4.74 Å². The number of carbonyl (C=O) groups is 2. The largest absolute Gasteiger partial charge is 0.506 e. The maximum atomic E-state index is 11.0. The number of benzene rings is 1. The molecule has 1 amide bonds. The molecule has 0 fully saturated rings. The molecule has 0 radical (unpaired) electrons. The number of phenols is 1. The monoisotopic (exact) mass is 225 g/mol. The lowest BCUT2D eigenvalue weighted by Gasteiger charge is -2.07. The number of rotatable bonds is 3. The van der Waals surface area contributed by atoms with E-state index < -0.39 is 12.1 Å². The zero-order chi connectivity index (χ0) is 12.1. The van der Waals surface area contributed by atoms with Gasteiger partial charge >= 0.3 is 12.1 Å². The van der Waals surface area contributed by atoms with E-state index in [1.807, 2.05) is 0 Å². The van der Waals surface area contributed by atoms with E-state index in [9.17, 15) is 14.7 Å². The van der Waals surface area contributed by atoms with Crippen molar-refractivity contribution in [2.75, 3.05) is 11.9 Å². The van der Waals surface area contributed by atoms with Gasteiger partial charge in [0.2, 0.25) is 0 Å². The van der Waals surface area contributed by atoms with Gasteiger partial charge in [0.1, 0.15) is 5.75 Å². The maximum absolute atomic E-state index is 11.0. The Morgan fingerprint density at radius 2 is 2.12 bits per heavy atom. The van der Waals surface area contributed by atoms with Crippen LogP contribution in [0.3, 0.4) is 0 Å². The molecule has 0 aliphatic heterocycles. The molecule has 0 aromatic heterocycles. The lowest BCUT2D eigenvalue weighted by Crippen LogP contribution is -2.13. The second-order valence-corrected chi connectivity index (χ2v) is 2.88. The Bertz CT molecular complexity index is 416. The fraction of sp³-hybridized carbons (Fsp3) is 0.200. The number of phenolic OH excluding ortho intramolecular Hbond substituents is 1. The molecule has 3 N–H and O–H groups in total. The summed E-state index contributed by atoms with van der Waals surface area (Å²) in [6.07, 6.45) is -0.708. The highest BCUT2D eigenvalue weighted by molar-refractivity contribution is 5.91. The van der Waals surface area contributed by atoms with E-state index in [0.29, 0.717) is 0 Å². The van der Waals surface area contributed by atoms with E-state index in [0.717, 1.165) is 6.07 Å². The summed E-state index contributed by atoms with van der Waals surface area (Å²) in [5.41, 5.74) is 0.0374. The smallest absolute Gasteiger partial charge is 0.411 e. The van der Waals surface area contributed by atoms with Gasteiger partial charge in [-0.05, 0) is 25.1 Å². The molecule has 16 heavy (non-hydrogen) atoms. The molecule has 0 spiro atoms. The number of hydrogen-bond donors (Lipinski definition) is 3. The molecule has 6 nitrogen and oxygen atoms in total. The summed E-state index contributed by atoms with van der Waals surface area (Å²) in [5, 5.41) is 20.3. The highest BCUT2D eigenvalue weighted by atomic mass is 16.5. The van der Waals surface area contributed by atoms with E-state index in [4.69, 9.17) is 5.11 Å². The molecule has 0 aliphatic rings. The van der Waals surface area contributed by atoms with Crippen LogP contribution in [0.1, 0.15) is 17.3 Å². The first-order valence-corrected chi connectivity index (χ1v) is 4.54. The van der Waals surface area contributed by atoms with Crippen LogP contribution >= 0.6 is 0 Å². The van der Waals surface area contributed by atoms with Crippen molar-refractivity contribution in [2.45, 2.75) is 6.92 Å². The molecule has 0 atom stereocenters. The summed E-state index contributed by atoms with van der Waals surface area (Å²) in [4.78, 5) is 21.6. The molecular formula is C10H11NO5. The third-order valence-corrected chi connectivity index (χ3v) is 1.76. The Hall–Kier alpha value is -2.24. The number of carbonyl (C=O) groups excluding carboxylic acids is 1. The Balaban J connectivity index is 2.83. The average Bonchev–Trinajstić information content (AvgIpc) is 2.21. The summed E-state index contributed by atoms with van der Waals surface area (Å²) in [5.74, 6) is -1.48. The Morgan fingerprint density at radius 1 is 1.44 bits per heavy atom. The second-order valence-electron chi connectivity index (χ2n) is 2.88. The van der Waals surface area contributed by atoms with E-state index in [1.54, 1.807) is 6.92 Å². The van der Waals surface area contributed by atoms with Gasteiger partial charge in [0, 0.05) is 0 Å². The van der Waals surface area contributed by atoms with Crippen molar-refractivity contribution >= 4 is 17.7 Å². The lowest BCUT2D eigenvalue weighted by molar-refractivity contribution is 0.0696. The SMILES string of the molecule is CCOC(=O)Nc1ccc(C(=O)O)cc1O. The topological polar surface area (TPSA) is 95.9 Å². The van der Waals surface area contributed by atoms with Crippen LogP contribution in [-0.4, -0.2) is 28.9 Å². The predicted molar refractivity (Wildman–Crippen MR) is 55.7 cm³/mol. The fourth-order valence-corrected chi connectivity index (χ4v) is 1.05. The highest BCUT2D eigenvalue weighted by Gasteiger charge is 2.10. The van der Waals surface area contributed by atoms with E-state index >= 15 is 0 Å². The van der Waals surface area contributed by atoms with Crippen LogP contribution in [0, 0.1) is 0 Å². The minimum Gasteiger partial charge on any atom is -0.506 e. The van der Waals surface area contributed by atoms with E-state index in [1.165, 1.54) is 12.1 Å². The molecule has 0 unspecified atom stereocenters. The number of aromatic carboxylic acids is 1. The molecule has 1 rings (SSSR count). The van der Waals surface area contributed by atoms with Crippen LogP contribution in [0.2, 0.25) is 0 Å². The van der Waals surface area contributed by atoms with Gasteiger partial charge in [0.05, 0.1) is 17.9 Å². The van der Waals surface area contributed by atoms with Crippen molar-refractivity contribution in [3.8, 4) is 5.75 Å².